The second-order valence-corrected chi connectivity index (χ2v) is 12.8. The van der Waals surface area contributed by atoms with Crippen molar-refractivity contribution >= 4 is 27.3 Å². The van der Waals surface area contributed by atoms with Crippen LogP contribution in [-0.4, -0.2) is 15.9 Å². The third-order valence-corrected chi connectivity index (χ3v) is 9.14. The van der Waals surface area contributed by atoms with Gasteiger partial charge in [0.25, 0.3) is 0 Å². The van der Waals surface area contributed by atoms with Crippen molar-refractivity contribution in [3.8, 4) is 22.8 Å². The fourth-order valence-electron chi connectivity index (χ4n) is 5.98. The van der Waals surface area contributed by atoms with E-state index in [2.05, 4.69) is 70.2 Å². The third kappa shape index (κ3) is 7.44. The van der Waals surface area contributed by atoms with Crippen LogP contribution in [0.2, 0.25) is 0 Å². The zero-order chi connectivity index (χ0) is 31.5. The van der Waals surface area contributed by atoms with Gasteiger partial charge in [0.1, 0.15) is 5.75 Å². The van der Waals surface area contributed by atoms with Crippen LogP contribution in [-0.2, 0) is 31.3 Å². The standard InChI is InChI=1S/C25H22NO.C14H26O2.Ir/c1-14(2)7-17-10-18-5-6-26-25-21-12-19-9-15(3)8-16(4)20(19)13-22(21)27-23(11-17)24(18)25;1-6-11(7-2)12(15)10-13(16)14(5,8-3)9-4;/h5-6,8-11,13-14H,7H2,1-4H3;10-11,15H,6-9H2,1-5H3;/q-1;;/b;12-10-;. The van der Waals surface area contributed by atoms with Crippen molar-refractivity contribution in [1.29, 1.82) is 0 Å². The molecule has 0 saturated carbocycles. The first kappa shape index (κ1) is 35.5. The molecule has 1 radical (unpaired) electrons. The van der Waals surface area contributed by atoms with Crippen molar-refractivity contribution in [2.24, 2.45) is 17.3 Å². The van der Waals surface area contributed by atoms with Gasteiger partial charge in [0, 0.05) is 54.8 Å². The maximum absolute atomic E-state index is 12.0. The number of pyridine rings is 1. The molecule has 5 heteroatoms. The number of aliphatic hydroxyl groups excluding tert-OH is 1. The Morgan fingerprint density at radius 2 is 1.70 bits per heavy atom. The number of hydrogen-bond donors (Lipinski definition) is 1. The molecule has 44 heavy (non-hydrogen) atoms. The molecular weight excluding hydrogens is 723 g/mol. The summed E-state index contributed by atoms with van der Waals surface area (Å²) < 4.78 is 6.39. The number of hydrogen-bond acceptors (Lipinski definition) is 4. The Kier molecular flexibility index (Phi) is 12.0. The number of ketones is 1. The van der Waals surface area contributed by atoms with E-state index in [0.29, 0.717) is 5.92 Å². The Labute approximate surface area is 277 Å². The molecule has 3 aromatic carbocycles. The number of carbonyl (C=O) groups is 1. The molecule has 1 N–H and O–H groups in total. The van der Waals surface area contributed by atoms with Gasteiger partial charge in [0.15, 0.2) is 5.78 Å². The maximum atomic E-state index is 12.0. The smallest absolute Gasteiger partial charge is 0.164 e. The van der Waals surface area contributed by atoms with Gasteiger partial charge in [0.05, 0.1) is 11.5 Å². The van der Waals surface area contributed by atoms with Crippen LogP contribution in [0.4, 0.5) is 0 Å². The van der Waals surface area contributed by atoms with Crippen LogP contribution in [0.3, 0.4) is 0 Å². The van der Waals surface area contributed by atoms with Crippen molar-refractivity contribution in [3.05, 3.63) is 77.2 Å². The summed E-state index contributed by atoms with van der Waals surface area (Å²) in [6.07, 6.45) is 7.77. The van der Waals surface area contributed by atoms with Crippen molar-refractivity contribution in [2.75, 3.05) is 0 Å². The van der Waals surface area contributed by atoms with Crippen molar-refractivity contribution in [3.63, 3.8) is 0 Å². The average Bonchev–Trinajstić information content (AvgIpc) is 2.96. The quantitative estimate of drug-likeness (QED) is 0.0921. The Bertz CT molecular complexity index is 1660. The van der Waals surface area contributed by atoms with E-state index in [1.807, 2.05) is 40.8 Å². The number of carbonyl (C=O) groups excluding carboxylic acids is 1. The molecular formula is C39H48IrNO3-. The SMILES string of the molecule is CCC(CC)/C(O)=C/C(=O)C(C)(CC)CC.Cc1cc(C)c2cc3c([c-]c2c1)-c1nccc2cc(CC(C)C)cc(c12)O3.[Ir]. The van der Waals surface area contributed by atoms with Crippen molar-refractivity contribution < 1.29 is 34.7 Å². The predicted molar refractivity (Wildman–Crippen MR) is 180 cm³/mol. The second-order valence-electron chi connectivity index (χ2n) is 12.8. The number of rotatable bonds is 9. The fraction of sp³-hybridized carbons (Fsp3) is 0.436. The number of ether oxygens (including phenoxy) is 1. The number of nitrogens with zero attached hydrogens (tertiary/aromatic N) is 1. The second kappa shape index (κ2) is 14.8. The van der Waals surface area contributed by atoms with E-state index < -0.39 is 0 Å². The third-order valence-electron chi connectivity index (χ3n) is 9.14. The van der Waals surface area contributed by atoms with Gasteiger partial charge < -0.3 is 9.84 Å². The molecule has 1 aromatic heterocycles. The van der Waals surface area contributed by atoms with Crippen LogP contribution in [0.5, 0.6) is 11.5 Å². The molecule has 0 spiro atoms. The van der Waals surface area contributed by atoms with Gasteiger partial charge in [-0.1, -0.05) is 88.7 Å². The van der Waals surface area contributed by atoms with Crippen LogP contribution in [0, 0.1) is 37.2 Å². The molecule has 4 nitrogen and oxygen atoms in total. The van der Waals surface area contributed by atoms with E-state index in [-0.39, 0.29) is 43.0 Å². The molecule has 0 atom stereocenters. The minimum Gasteiger partial charge on any atom is -0.512 e. The fourth-order valence-corrected chi connectivity index (χ4v) is 5.98. The molecule has 1 aliphatic rings. The number of aryl methyl sites for hydroxylation is 2. The number of allylic oxidation sites excluding steroid dienone is 2. The first-order chi connectivity index (χ1) is 20.4. The van der Waals surface area contributed by atoms with Crippen LogP contribution in [0.15, 0.2) is 54.4 Å². The summed E-state index contributed by atoms with van der Waals surface area (Å²) >= 11 is 0. The summed E-state index contributed by atoms with van der Waals surface area (Å²) in [6, 6.07) is 16.7. The molecule has 0 saturated heterocycles. The van der Waals surface area contributed by atoms with Gasteiger partial charge >= 0.3 is 0 Å². The number of benzene rings is 3. The molecule has 1 aliphatic heterocycles. The van der Waals surface area contributed by atoms with E-state index in [1.54, 1.807) is 0 Å². The topological polar surface area (TPSA) is 59.4 Å². The summed E-state index contributed by atoms with van der Waals surface area (Å²) in [5.41, 5.74) is 5.42. The zero-order valence-electron chi connectivity index (χ0n) is 27.9. The molecule has 0 amide bonds. The normalized spacial score (nSPS) is 12.5. The summed E-state index contributed by atoms with van der Waals surface area (Å²) in [5, 5.41) is 14.5. The number of aromatic nitrogens is 1. The Morgan fingerprint density at radius 3 is 2.32 bits per heavy atom. The van der Waals surface area contributed by atoms with Gasteiger partial charge in [-0.2, -0.15) is 0 Å². The van der Waals surface area contributed by atoms with Crippen molar-refractivity contribution in [1.82, 2.24) is 4.98 Å². The molecule has 2 heterocycles. The molecule has 237 valence electrons. The van der Waals surface area contributed by atoms with E-state index in [4.69, 9.17) is 9.72 Å². The van der Waals surface area contributed by atoms with E-state index in [9.17, 15) is 9.90 Å². The molecule has 4 aromatic rings. The van der Waals surface area contributed by atoms with Gasteiger partial charge in [-0.3, -0.25) is 9.78 Å². The summed E-state index contributed by atoms with van der Waals surface area (Å²) in [4.78, 5) is 16.7. The monoisotopic (exact) mass is 771 g/mol. The Balaban J connectivity index is 0.000000271. The Morgan fingerprint density at radius 1 is 1.02 bits per heavy atom. The first-order valence-corrected chi connectivity index (χ1v) is 16.0. The van der Waals surface area contributed by atoms with Crippen LogP contribution in [0.1, 0.15) is 90.8 Å². The van der Waals surface area contributed by atoms with E-state index in [0.717, 1.165) is 65.6 Å². The summed E-state index contributed by atoms with van der Waals surface area (Å²) in [6.45, 7) is 18.8. The minimum atomic E-state index is -0.319. The average molecular weight is 771 g/mol. The minimum absolute atomic E-state index is 0. The van der Waals surface area contributed by atoms with Gasteiger partial charge in [-0.25, -0.2) is 0 Å². The summed E-state index contributed by atoms with van der Waals surface area (Å²) in [5.74, 6) is 2.81. The van der Waals surface area contributed by atoms with Gasteiger partial charge in [0.2, 0.25) is 0 Å². The van der Waals surface area contributed by atoms with Crippen LogP contribution < -0.4 is 4.74 Å². The van der Waals surface area contributed by atoms with Crippen molar-refractivity contribution in [2.45, 2.75) is 94.4 Å². The zero-order valence-corrected chi connectivity index (χ0v) is 30.2. The summed E-state index contributed by atoms with van der Waals surface area (Å²) in [7, 11) is 0. The van der Waals surface area contributed by atoms with Gasteiger partial charge in [-0.15, -0.1) is 17.5 Å². The Hall–Kier alpha value is -3.01. The van der Waals surface area contributed by atoms with Gasteiger partial charge in [-0.05, 0) is 75.0 Å². The van der Waals surface area contributed by atoms with E-state index >= 15 is 0 Å². The molecule has 0 aliphatic carbocycles. The largest absolute Gasteiger partial charge is 0.512 e. The van der Waals surface area contributed by atoms with E-state index in [1.165, 1.54) is 33.5 Å². The first-order valence-electron chi connectivity index (χ1n) is 16.0. The number of aliphatic hydroxyl groups is 1. The van der Waals surface area contributed by atoms with Crippen LogP contribution in [0.25, 0.3) is 32.8 Å². The predicted octanol–water partition coefficient (Wildman–Crippen LogP) is 11.0. The molecule has 0 unspecified atom stereocenters. The molecule has 5 rings (SSSR count). The molecule has 0 fully saturated rings. The maximum Gasteiger partial charge on any atom is 0.164 e. The molecule has 0 bridgehead atoms. The number of fused-ring (bicyclic) bond motifs is 3. The van der Waals surface area contributed by atoms with Crippen LogP contribution >= 0.6 is 0 Å².